The highest BCUT2D eigenvalue weighted by molar-refractivity contribution is 9.09. The van der Waals surface area contributed by atoms with Gasteiger partial charge in [-0.1, -0.05) is 29.8 Å². The summed E-state index contributed by atoms with van der Waals surface area (Å²) < 4.78 is 5.35. The zero-order chi connectivity index (χ0) is 12.0. The van der Waals surface area contributed by atoms with E-state index in [1.165, 1.54) is 0 Å². The summed E-state index contributed by atoms with van der Waals surface area (Å²) in [6.07, 6.45) is 3.86. The first kappa shape index (κ1) is 14.0. The van der Waals surface area contributed by atoms with Gasteiger partial charge in [-0.3, -0.25) is 4.79 Å². The molecule has 0 aromatic heterocycles. The van der Waals surface area contributed by atoms with Crippen molar-refractivity contribution in [3.63, 3.8) is 0 Å². The highest BCUT2D eigenvalue weighted by Gasteiger charge is 2.30. The van der Waals surface area contributed by atoms with Crippen molar-refractivity contribution in [1.82, 2.24) is 5.32 Å². The number of alkyl halides is 1. The van der Waals surface area contributed by atoms with Gasteiger partial charge >= 0.3 is 0 Å². The zero-order valence-electron chi connectivity index (χ0n) is 10.2. The average Bonchev–Trinajstić information content (AvgIpc) is 2.37. The Morgan fingerprint density at radius 3 is 2.62 bits per heavy atom. The molecule has 1 unspecified atom stereocenters. The largest absolute Gasteiger partial charge is 0.381 e. The lowest BCUT2D eigenvalue weighted by Gasteiger charge is -2.33. The van der Waals surface area contributed by atoms with E-state index < -0.39 is 0 Å². The topological polar surface area (TPSA) is 38.3 Å². The number of carbonyl (C=O) groups excluding carboxylic acids is 1. The third-order valence-corrected chi connectivity index (χ3v) is 4.60. The van der Waals surface area contributed by atoms with Crippen LogP contribution in [0, 0.1) is 5.92 Å². The molecule has 0 aliphatic carbocycles. The summed E-state index contributed by atoms with van der Waals surface area (Å²) in [7, 11) is 0. The lowest BCUT2D eigenvalue weighted by molar-refractivity contribution is -0.130. The van der Waals surface area contributed by atoms with Gasteiger partial charge in [-0.05, 0) is 25.7 Å². The van der Waals surface area contributed by atoms with Crippen LogP contribution in [0.5, 0.6) is 0 Å². The molecule has 1 heterocycles. The van der Waals surface area contributed by atoms with E-state index in [4.69, 9.17) is 4.74 Å². The van der Waals surface area contributed by atoms with E-state index in [-0.39, 0.29) is 17.4 Å². The first-order chi connectivity index (χ1) is 7.67. The molecule has 1 amide bonds. The van der Waals surface area contributed by atoms with Gasteiger partial charge in [0.25, 0.3) is 0 Å². The van der Waals surface area contributed by atoms with Crippen molar-refractivity contribution in [1.29, 1.82) is 0 Å². The summed E-state index contributed by atoms with van der Waals surface area (Å²) in [5, 5.41) is 4.00. The molecule has 16 heavy (non-hydrogen) atoms. The van der Waals surface area contributed by atoms with Crippen molar-refractivity contribution < 1.29 is 9.53 Å². The highest BCUT2D eigenvalue weighted by atomic mass is 79.9. The maximum absolute atomic E-state index is 12.1. The van der Waals surface area contributed by atoms with Crippen LogP contribution in [0.1, 0.15) is 39.5 Å². The predicted molar refractivity (Wildman–Crippen MR) is 68.8 cm³/mol. The van der Waals surface area contributed by atoms with Crippen molar-refractivity contribution in [2.24, 2.45) is 5.92 Å². The van der Waals surface area contributed by atoms with Crippen LogP contribution in [0.4, 0.5) is 0 Å². The molecular formula is C12H22BrNO2. The van der Waals surface area contributed by atoms with E-state index in [2.05, 4.69) is 35.1 Å². The SMILES string of the molecule is CCC(CC)(CBr)NC(=O)C1CCCOC1. The standard InChI is InChI=1S/C12H22BrNO2/c1-3-12(4-2,9-13)14-11(15)10-6-5-7-16-8-10/h10H,3-9H2,1-2H3,(H,14,15). The zero-order valence-corrected chi connectivity index (χ0v) is 11.8. The number of nitrogens with one attached hydrogen (secondary N) is 1. The molecule has 0 spiro atoms. The van der Waals surface area contributed by atoms with E-state index in [1.807, 2.05) is 0 Å². The normalized spacial score (nSPS) is 21.8. The molecule has 1 saturated heterocycles. The molecule has 1 atom stereocenters. The molecular weight excluding hydrogens is 270 g/mol. The summed E-state index contributed by atoms with van der Waals surface area (Å²) in [4.78, 5) is 12.1. The Kier molecular flexibility index (Phi) is 5.76. The second-order valence-electron chi connectivity index (χ2n) is 4.52. The predicted octanol–water partition coefficient (Wildman–Crippen LogP) is 2.48. The second kappa shape index (κ2) is 6.60. The fourth-order valence-electron chi connectivity index (χ4n) is 1.96. The monoisotopic (exact) mass is 291 g/mol. The summed E-state index contributed by atoms with van der Waals surface area (Å²) >= 11 is 3.50. The third kappa shape index (κ3) is 3.45. The Morgan fingerprint density at radius 2 is 2.19 bits per heavy atom. The first-order valence-electron chi connectivity index (χ1n) is 6.13. The van der Waals surface area contributed by atoms with Crippen LogP contribution in [0.25, 0.3) is 0 Å². The van der Waals surface area contributed by atoms with Gasteiger partial charge in [0.2, 0.25) is 5.91 Å². The Balaban J connectivity index is 2.53. The Labute approximate surface area is 106 Å². The van der Waals surface area contributed by atoms with Gasteiger partial charge in [0.05, 0.1) is 12.5 Å². The quantitative estimate of drug-likeness (QED) is 0.791. The van der Waals surface area contributed by atoms with Crippen molar-refractivity contribution in [2.75, 3.05) is 18.5 Å². The summed E-state index contributed by atoms with van der Waals surface area (Å²) in [6, 6.07) is 0. The minimum absolute atomic E-state index is 0.0466. The maximum atomic E-state index is 12.1. The molecule has 3 nitrogen and oxygen atoms in total. The van der Waals surface area contributed by atoms with E-state index in [1.54, 1.807) is 0 Å². The molecule has 0 saturated carbocycles. The molecule has 0 aromatic rings. The maximum Gasteiger partial charge on any atom is 0.225 e. The van der Waals surface area contributed by atoms with Gasteiger partial charge < -0.3 is 10.1 Å². The second-order valence-corrected chi connectivity index (χ2v) is 5.09. The van der Waals surface area contributed by atoms with Crippen molar-refractivity contribution >= 4 is 21.8 Å². The Hall–Kier alpha value is -0.0900. The number of ether oxygens (including phenoxy) is 1. The highest BCUT2D eigenvalue weighted by Crippen LogP contribution is 2.21. The third-order valence-electron chi connectivity index (χ3n) is 3.53. The molecule has 1 N–H and O–H groups in total. The van der Waals surface area contributed by atoms with Crippen LogP contribution in [0.3, 0.4) is 0 Å². The van der Waals surface area contributed by atoms with Crippen LogP contribution >= 0.6 is 15.9 Å². The molecule has 1 rings (SSSR count). The van der Waals surface area contributed by atoms with Crippen LogP contribution in [0.2, 0.25) is 0 Å². The fourth-order valence-corrected chi connectivity index (χ4v) is 2.89. The number of amides is 1. The molecule has 4 heteroatoms. The van der Waals surface area contributed by atoms with Gasteiger partial charge in [0, 0.05) is 17.5 Å². The van der Waals surface area contributed by atoms with Crippen LogP contribution in [-0.2, 0) is 9.53 Å². The van der Waals surface area contributed by atoms with Crippen molar-refractivity contribution in [3.8, 4) is 0 Å². The summed E-state index contributed by atoms with van der Waals surface area (Å²) in [6.45, 7) is 5.61. The van der Waals surface area contributed by atoms with Gasteiger partial charge in [0.1, 0.15) is 0 Å². The molecule has 94 valence electrons. The lowest BCUT2D eigenvalue weighted by atomic mass is 9.93. The minimum Gasteiger partial charge on any atom is -0.381 e. The molecule has 0 aromatic carbocycles. The molecule has 0 bridgehead atoms. The van der Waals surface area contributed by atoms with Crippen molar-refractivity contribution in [2.45, 2.75) is 45.1 Å². The summed E-state index contributed by atoms with van der Waals surface area (Å²) in [5.41, 5.74) is -0.0888. The number of carbonyl (C=O) groups is 1. The average molecular weight is 292 g/mol. The number of halogens is 1. The molecule has 1 aliphatic rings. The number of hydrogen-bond donors (Lipinski definition) is 1. The van der Waals surface area contributed by atoms with Crippen LogP contribution in [0.15, 0.2) is 0 Å². The molecule has 0 radical (unpaired) electrons. The van der Waals surface area contributed by atoms with E-state index in [0.29, 0.717) is 6.61 Å². The van der Waals surface area contributed by atoms with Gasteiger partial charge in [-0.2, -0.15) is 0 Å². The van der Waals surface area contributed by atoms with E-state index in [9.17, 15) is 4.79 Å². The fraction of sp³-hybridized carbons (Fsp3) is 0.917. The minimum atomic E-state index is -0.0888. The smallest absolute Gasteiger partial charge is 0.225 e. The van der Waals surface area contributed by atoms with Crippen LogP contribution in [-0.4, -0.2) is 30.0 Å². The first-order valence-corrected chi connectivity index (χ1v) is 7.25. The molecule has 1 aliphatic heterocycles. The molecule has 1 fully saturated rings. The van der Waals surface area contributed by atoms with E-state index in [0.717, 1.165) is 37.6 Å². The van der Waals surface area contributed by atoms with Gasteiger partial charge in [-0.15, -0.1) is 0 Å². The van der Waals surface area contributed by atoms with Gasteiger partial charge in [-0.25, -0.2) is 0 Å². The lowest BCUT2D eigenvalue weighted by Crippen LogP contribution is -2.52. The number of hydrogen-bond acceptors (Lipinski definition) is 2. The Morgan fingerprint density at radius 1 is 1.50 bits per heavy atom. The van der Waals surface area contributed by atoms with Gasteiger partial charge in [0.15, 0.2) is 0 Å². The number of rotatable bonds is 5. The Bertz CT molecular complexity index is 215. The summed E-state index contributed by atoms with van der Waals surface area (Å²) in [5.74, 6) is 0.202. The van der Waals surface area contributed by atoms with Crippen molar-refractivity contribution in [3.05, 3.63) is 0 Å². The van der Waals surface area contributed by atoms with E-state index >= 15 is 0 Å². The van der Waals surface area contributed by atoms with Crippen LogP contribution < -0.4 is 5.32 Å².